The molecule has 146 valence electrons. The number of sulfonamides is 1. The van der Waals surface area contributed by atoms with Gasteiger partial charge in [0, 0.05) is 19.3 Å². The van der Waals surface area contributed by atoms with E-state index in [1.165, 1.54) is 28.3 Å². The number of nitrogens with one attached hydrogen (secondary N) is 1. The third-order valence-corrected chi connectivity index (χ3v) is 7.54. The molecule has 2 fully saturated rings. The second-order valence-corrected chi connectivity index (χ2v) is 9.52. The normalized spacial score (nSPS) is 20.1. The minimum Gasteiger partial charge on any atom is -0.379 e. The smallest absolute Gasteiger partial charge is 0.244 e. The lowest BCUT2D eigenvalue weighted by Crippen LogP contribution is -2.45. The van der Waals surface area contributed by atoms with E-state index in [2.05, 4.69) is 16.4 Å². The number of carbonyl (C=O) groups excluding carboxylic acids is 1. The summed E-state index contributed by atoms with van der Waals surface area (Å²) >= 11 is 1.22. The van der Waals surface area contributed by atoms with Gasteiger partial charge in [-0.15, -0.1) is 0 Å². The van der Waals surface area contributed by atoms with E-state index in [4.69, 9.17) is 4.74 Å². The highest BCUT2D eigenvalue weighted by molar-refractivity contribution is 7.99. The molecule has 27 heavy (non-hydrogen) atoms. The number of nitriles is 1. The van der Waals surface area contributed by atoms with E-state index < -0.39 is 15.6 Å². The van der Waals surface area contributed by atoms with Gasteiger partial charge in [-0.05, 0) is 37.8 Å². The molecule has 1 aromatic rings. The first kappa shape index (κ1) is 20.1. The Labute approximate surface area is 163 Å². The Kier molecular flexibility index (Phi) is 6.37. The first-order valence-electron chi connectivity index (χ1n) is 8.84. The summed E-state index contributed by atoms with van der Waals surface area (Å²) in [4.78, 5) is 16.4. The molecular weight excluding hydrogens is 388 g/mol. The molecule has 1 aliphatic carbocycles. The number of ether oxygens (including phenoxy) is 1. The van der Waals surface area contributed by atoms with Crippen molar-refractivity contribution in [2.24, 2.45) is 0 Å². The number of pyridine rings is 1. The van der Waals surface area contributed by atoms with Gasteiger partial charge in [-0.2, -0.15) is 9.57 Å². The third kappa shape index (κ3) is 4.79. The van der Waals surface area contributed by atoms with Gasteiger partial charge < -0.3 is 10.1 Å². The topological polar surface area (TPSA) is 112 Å². The van der Waals surface area contributed by atoms with Crippen molar-refractivity contribution in [2.45, 2.75) is 41.1 Å². The average Bonchev–Trinajstić information content (AvgIpc) is 3.16. The van der Waals surface area contributed by atoms with Gasteiger partial charge in [0.25, 0.3) is 0 Å². The van der Waals surface area contributed by atoms with Crippen molar-refractivity contribution >= 4 is 27.7 Å². The fourth-order valence-electron chi connectivity index (χ4n) is 3.23. The molecule has 0 bridgehead atoms. The van der Waals surface area contributed by atoms with Crippen molar-refractivity contribution in [2.75, 3.05) is 32.1 Å². The molecule has 1 aliphatic heterocycles. The molecule has 2 heterocycles. The van der Waals surface area contributed by atoms with Gasteiger partial charge in [0.05, 0.1) is 30.1 Å². The van der Waals surface area contributed by atoms with Crippen LogP contribution in [-0.4, -0.2) is 61.2 Å². The number of hydrogen-bond donors (Lipinski definition) is 1. The van der Waals surface area contributed by atoms with Gasteiger partial charge in [0.2, 0.25) is 15.9 Å². The minimum absolute atomic E-state index is 0.131. The Bertz CT molecular complexity index is 808. The van der Waals surface area contributed by atoms with E-state index in [1.807, 2.05) is 0 Å². The summed E-state index contributed by atoms with van der Waals surface area (Å²) in [5.41, 5.74) is -0.735. The van der Waals surface area contributed by atoms with Crippen LogP contribution < -0.4 is 5.32 Å². The van der Waals surface area contributed by atoms with Gasteiger partial charge in [-0.3, -0.25) is 4.79 Å². The lowest BCUT2D eigenvalue weighted by Gasteiger charge is -2.25. The molecular formula is C17H22N4O4S2. The second-order valence-electron chi connectivity index (χ2n) is 6.59. The van der Waals surface area contributed by atoms with Crippen LogP contribution in [0.2, 0.25) is 0 Å². The molecule has 0 radical (unpaired) electrons. The average molecular weight is 411 g/mol. The number of rotatable bonds is 6. The summed E-state index contributed by atoms with van der Waals surface area (Å²) in [7, 11) is -3.57. The van der Waals surface area contributed by atoms with Crippen LogP contribution in [0.1, 0.15) is 25.7 Å². The zero-order valence-corrected chi connectivity index (χ0v) is 16.5. The molecule has 0 unspecified atom stereocenters. The summed E-state index contributed by atoms with van der Waals surface area (Å²) in [6, 6.07) is 5.33. The maximum Gasteiger partial charge on any atom is 0.244 e. The molecule has 0 aromatic carbocycles. The van der Waals surface area contributed by atoms with Crippen molar-refractivity contribution in [3.05, 3.63) is 18.3 Å². The molecule has 2 aliphatic rings. The van der Waals surface area contributed by atoms with E-state index in [9.17, 15) is 18.5 Å². The van der Waals surface area contributed by atoms with Gasteiger partial charge in [-0.1, -0.05) is 11.8 Å². The minimum atomic E-state index is -3.57. The lowest BCUT2D eigenvalue weighted by atomic mass is 10.0. The summed E-state index contributed by atoms with van der Waals surface area (Å²) < 4.78 is 31.7. The SMILES string of the molecule is N#CC1(NC(=O)CSc2ccc(S(=O)(=O)N3CCOCC3)cn2)CCCC1. The molecule has 1 N–H and O–H groups in total. The number of thioether (sulfide) groups is 1. The number of morpholine rings is 1. The summed E-state index contributed by atoms with van der Waals surface area (Å²) in [5.74, 6) is -0.0818. The van der Waals surface area contributed by atoms with E-state index in [0.29, 0.717) is 44.2 Å². The van der Waals surface area contributed by atoms with E-state index in [1.54, 1.807) is 6.07 Å². The van der Waals surface area contributed by atoms with Crippen LogP contribution in [-0.2, 0) is 19.6 Å². The van der Waals surface area contributed by atoms with Crippen LogP contribution in [0.5, 0.6) is 0 Å². The van der Waals surface area contributed by atoms with Crippen molar-refractivity contribution in [1.82, 2.24) is 14.6 Å². The van der Waals surface area contributed by atoms with E-state index >= 15 is 0 Å². The summed E-state index contributed by atoms with van der Waals surface area (Å²) in [5, 5.41) is 12.7. The van der Waals surface area contributed by atoms with Crippen LogP contribution in [0.4, 0.5) is 0 Å². The van der Waals surface area contributed by atoms with Gasteiger partial charge in [0.15, 0.2) is 0 Å². The zero-order chi connectivity index (χ0) is 19.3. The standard InChI is InChI=1S/C17H22N4O4S2/c18-13-17(5-1-2-6-17)20-15(22)12-26-16-4-3-14(11-19-16)27(23,24)21-7-9-25-10-8-21/h3-4,11H,1-2,5-10,12H2,(H,20,22). The van der Waals surface area contributed by atoms with Crippen LogP contribution in [0, 0.1) is 11.3 Å². The number of nitrogens with zero attached hydrogens (tertiary/aromatic N) is 3. The van der Waals surface area contributed by atoms with E-state index in [-0.39, 0.29) is 16.6 Å². The highest BCUT2D eigenvalue weighted by Crippen LogP contribution is 2.29. The molecule has 0 spiro atoms. The highest BCUT2D eigenvalue weighted by atomic mass is 32.2. The quantitative estimate of drug-likeness (QED) is 0.700. The maximum absolute atomic E-state index is 12.6. The number of amides is 1. The molecule has 10 heteroatoms. The molecule has 3 rings (SSSR count). The summed E-state index contributed by atoms with van der Waals surface area (Å²) in [6.45, 7) is 1.44. The monoisotopic (exact) mass is 410 g/mol. The molecule has 1 saturated heterocycles. The Hall–Kier alpha value is -1.67. The van der Waals surface area contributed by atoms with Gasteiger partial charge >= 0.3 is 0 Å². The van der Waals surface area contributed by atoms with Crippen molar-refractivity contribution < 1.29 is 17.9 Å². The largest absolute Gasteiger partial charge is 0.379 e. The third-order valence-electron chi connectivity index (χ3n) is 4.72. The predicted octanol–water partition coefficient (Wildman–Crippen LogP) is 1.15. The van der Waals surface area contributed by atoms with Crippen LogP contribution in [0.3, 0.4) is 0 Å². The Morgan fingerprint density at radius 1 is 1.33 bits per heavy atom. The maximum atomic E-state index is 12.6. The Morgan fingerprint density at radius 2 is 2.04 bits per heavy atom. The van der Waals surface area contributed by atoms with Crippen molar-refractivity contribution in [3.8, 4) is 6.07 Å². The fourth-order valence-corrected chi connectivity index (χ4v) is 5.22. The molecule has 1 aromatic heterocycles. The Balaban J connectivity index is 1.56. The Morgan fingerprint density at radius 3 is 2.63 bits per heavy atom. The lowest BCUT2D eigenvalue weighted by molar-refractivity contribution is -0.119. The van der Waals surface area contributed by atoms with Gasteiger partial charge in [-0.25, -0.2) is 13.4 Å². The molecule has 0 atom stereocenters. The summed E-state index contributed by atoms with van der Waals surface area (Å²) in [6.07, 6.45) is 4.58. The van der Waals surface area contributed by atoms with Crippen LogP contribution >= 0.6 is 11.8 Å². The van der Waals surface area contributed by atoms with Crippen LogP contribution in [0.25, 0.3) is 0 Å². The van der Waals surface area contributed by atoms with Gasteiger partial charge in [0.1, 0.15) is 10.4 Å². The predicted molar refractivity (Wildman–Crippen MR) is 99.5 cm³/mol. The van der Waals surface area contributed by atoms with E-state index in [0.717, 1.165) is 12.8 Å². The van der Waals surface area contributed by atoms with Crippen molar-refractivity contribution in [3.63, 3.8) is 0 Å². The van der Waals surface area contributed by atoms with Crippen LogP contribution in [0.15, 0.2) is 28.3 Å². The first-order valence-corrected chi connectivity index (χ1v) is 11.3. The number of hydrogen-bond acceptors (Lipinski definition) is 7. The highest BCUT2D eigenvalue weighted by Gasteiger charge is 2.35. The molecule has 1 amide bonds. The fraction of sp³-hybridized carbons (Fsp3) is 0.588. The molecule has 8 nitrogen and oxygen atoms in total. The number of carbonyl (C=O) groups is 1. The molecule has 1 saturated carbocycles. The first-order chi connectivity index (χ1) is 13.0. The second kappa shape index (κ2) is 8.56. The van der Waals surface area contributed by atoms with Crippen molar-refractivity contribution in [1.29, 1.82) is 5.26 Å². The number of aromatic nitrogens is 1. The zero-order valence-electron chi connectivity index (χ0n) is 14.9.